The van der Waals surface area contributed by atoms with Crippen LogP contribution < -0.4 is 20.7 Å². The van der Waals surface area contributed by atoms with Crippen molar-refractivity contribution >= 4 is 11.7 Å². The molecule has 4 rings (SSSR count). The topological polar surface area (TPSA) is 93.4 Å². The van der Waals surface area contributed by atoms with Gasteiger partial charge < -0.3 is 20.7 Å². The van der Waals surface area contributed by atoms with E-state index in [1.54, 1.807) is 30.5 Å². The molecule has 0 bridgehead atoms. The molecule has 1 saturated heterocycles. The Morgan fingerprint density at radius 1 is 1.19 bits per heavy atom. The molecule has 3 aromatic rings. The first-order chi connectivity index (χ1) is 15.0. The summed E-state index contributed by atoms with van der Waals surface area (Å²) in [5.74, 6) is 0.333. The number of primary amides is 1. The summed E-state index contributed by atoms with van der Waals surface area (Å²) in [6.07, 6.45) is 1.99. The Kier molecular flexibility index (Phi) is 6.08. The number of hydrogen-bond acceptors (Lipinski definition) is 6. The molecule has 1 aromatic carbocycles. The van der Waals surface area contributed by atoms with Gasteiger partial charge in [0.15, 0.2) is 0 Å². The van der Waals surface area contributed by atoms with Gasteiger partial charge in [-0.3, -0.25) is 9.78 Å². The smallest absolute Gasteiger partial charge is 0.248 e. The van der Waals surface area contributed by atoms with Gasteiger partial charge in [-0.15, -0.1) is 0 Å². The third-order valence-corrected chi connectivity index (χ3v) is 5.28. The highest BCUT2D eigenvalue weighted by molar-refractivity contribution is 5.94. The van der Waals surface area contributed by atoms with Crippen LogP contribution in [0, 0.1) is 5.82 Å². The number of hydrogen-bond donors (Lipinski definition) is 2. The molecule has 1 aliphatic rings. The third kappa shape index (κ3) is 4.80. The van der Waals surface area contributed by atoms with Gasteiger partial charge in [0, 0.05) is 61.7 Å². The summed E-state index contributed by atoms with van der Waals surface area (Å²) in [6.45, 7) is 3.30. The molecule has 1 fully saturated rings. The maximum Gasteiger partial charge on any atom is 0.248 e. The van der Waals surface area contributed by atoms with Gasteiger partial charge in [0.05, 0.1) is 12.8 Å². The second-order valence-corrected chi connectivity index (χ2v) is 7.37. The second kappa shape index (κ2) is 9.09. The SMILES string of the molecule is COc1ccc(Cc2cc(-c3cc(C(N)=O)cc(N4CCNCC4)n3)ccn2)c(F)c1. The molecule has 0 saturated carbocycles. The highest BCUT2D eigenvalue weighted by atomic mass is 19.1. The Morgan fingerprint density at radius 3 is 2.71 bits per heavy atom. The lowest BCUT2D eigenvalue weighted by molar-refractivity contribution is 0.1000. The van der Waals surface area contributed by atoms with E-state index in [1.807, 2.05) is 12.1 Å². The maximum absolute atomic E-state index is 14.4. The maximum atomic E-state index is 14.4. The van der Waals surface area contributed by atoms with Crippen molar-refractivity contribution in [3.63, 3.8) is 0 Å². The first-order valence-electron chi connectivity index (χ1n) is 10.1. The first-order valence-corrected chi connectivity index (χ1v) is 10.1. The van der Waals surface area contributed by atoms with Gasteiger partial charge in [0.25, 0.3) is 0 Å². The molecule has 8 heteroatoms. The summed E-state index contributed by atoms with van der Waals surface area (Å²) in [6, 6.07) is 11.9. The highest BCUT2D eigenvalue weighted by Crippen LogP contribution is 2.25. The number of nitrogens with two attached hydrogens (primary N) is 1. The normalized spacial score (nSPS) is 13.8. The van der Waals surface area contributed by atoms with E-state index < -0.39 is 5.91 Å². The summed E-state index contributed by atoms with van der Waals surface area (Å²) in [5, 5.41) is 3.30. The van der Waals surface area contributed by atoms with E-state index >= 15 is 0 Å². The molecule has 0 spiro atoms. The zero-order chi connectivity index (χ0) is 21.8. The van der Waals surface area contributed by atoms with Crippen molar-refractivity contribution in [2.75, 3.05) is 38.2 Å². The highest BCUT2D eigenvalue weighted by Gasteiger charge is 2.16. The summed E-state index contributed by atoms with van der Waals surface area (Å²) < 4.78 is 19.4. The lowest BCUT2D eigenvalue weighted by Gasteiger charge is -2.29. The number of carbonyl (C=O) groups excluding carboxylic acids is 1. The quantitative estimate of drug-likeness (QED) is 0.635. The van der Waals surface area contributed by atoms with Gasteiger partial charge in [0.2, 0.25) is 5.91 Å². The van der Waals surface area contributed by atoms with E-state index in [1.165, 1.54) is 13.2 Å². The van der Waals surface area contributed by atoms with Crippen molar-refractivity contribution in [2.45, 2.75) is 6.42 Å². The minimum absolute atomic E-state index is 0.323. The number of carbonyl (C=O) groups is 1. The van der Waals surface area contributed by atoms with Crippen molar-refractivity contribution in [1.29, 1.82) is 0 Å². The van der Waals surface area contributed by atoms with Crippen LogP contribution >= 0.6 is 0 Å². The third-order valence-electron chi connectivity index (χ3n) is 5.28. The predicted molar refractivity (Wildman–Crippen MR) is 117 cm³/mol. The molecule has 3 heterocycles. The average molecular weight is 421 g/mol. The Hall–Kier alpha value is -3.52. The molecule has 0 radical (unpaired) electrons. The average Bonchev–Trinajstić information content (AvgIpc) is 2.81. The number of benzene rings is 1. The van der Waals surface area contributed by atoms with Gasteiger partial charge in [-0.05, 0) is 35.9 Å². The number of aromatic nitrogens is 2. The van der Waals surface area contributed by atoms with E-state index in [0.717, 1.165) is 31.7 Å². The van der Waals surface area contributed by atoms with Gasteiger partial charge in [-0.2, -0.15) is 0 Å². The van der Waals surface area contributed by atoms with E-state index in [2.05, 4.69) is 15.2 Å². The summed E-state index contributed by atoms with van der Waals surface area (Å²) in [7, 11) is 1.50. The monoisotopic (exact) mass is 421 g/mol. The molecule has 1 amide bonds. The fourth-order valence-electron chi connectivity index (χ4n) is 3.59. The summed E-state index contributed by atoms with van der Waals surface area (Å²) in [5.41, 5.74) is 8.60. The van der Waals surface area contributed by atoms with Crippen LogP contribution in [0.3, 0.4) is 0 Å². The van der Waals surface area contributed by atoms with Crippen molar-refractivity contribution < 1.29 is 13.9 Å². The molecule has 0 unspecified atom stereocenters. The minimum Gasteiger partial charge on any atom is -0.497 e. The number of pyridine rings is 2. The number of anilines is 1. The van der Waals surface area contributed by atoms with Crippen LogP contribution in [0.5, 0.6) is 5.75 Å². The number of methoxy groups -OCH3 is 1. The Labute approximate surface area is 180 Å². The van der Waals surface area contributed by atoms with Crippen LogP contribution in [-0.4, -0.2) is 49.2 Å². The Balaban J connectivity index is 1.66. The van der Waals surface area contributed by atoms with Gasteiger partial charge in [-0.25, -0.2) is 9.37 Å². The second-order valence-electron chi connectivity index (χ2n) is 7.37. The lowest BCUT2D eigenvalue weighted by Crippen LogP contribution is -2.44. The molecule has 0 aliphatic carbocycles. The number of ether oxygens (including phenoxy) is 1. The van der Waals surface area contributed by atoms with Crippen LogP contribution in [0.15, 0.2) is 48.7 Å². The predicted octanol–water partition coefficient (Wildman–Crippen LogP) is 2.39. The van der Waals surface area contributed by atoms with Crippen LogP contribution in [-0.2, 0) is 6.42 Å². The van der Waals surface area contributed by atoms with Gasteiger partial charge >= 0.3 is 0 Å². The molecular weight excluding hydrogens is 397 g/mol. The van der Waals surface area contributed by atoms with Crippen molar-refractivity contribution in [3.8, 4) is 17.0 Å². The number of nitrogens with one attached hydrogen (secondary N) is 1. The standard InChI is InChI=1S/C23H24FN5O2/c1-31-19-3-2-15(20(24)14-19)10-18-11-16(4-5-27-18)21-12-17(23(25)30)13-22(28-21)29-8-6-26-7-9-29/h2-5,11-14,26H,6-10H2,1H3,(H2,25,30). The molecular formula is C23H24FN5O2. The number of nitrogens with zero attached hydrogens (tertiary/aromatic N) is 3. The molecule has 160 valence electrons. The van der Waals surface area contributed by atoms with E-state index in [0.29, 0.717) is 40.5 Å². The number of rotatable bonds is 6. The Bertz CT molecular complexity index is 1100. The molecule has 31 heavy (non-hydrogen) atoms. The van der Waals surface area contributed by atoms with Gasteiger partial charge in [-0.1, -0.05) is 6.07 Å². The van der Waals surface area contributed by atoms with E-state index in [9.17, 15) is 9.18 Å². The van der Waals surface area contributed by atoms with E-state index in [-0.39, 0.29) is 5.82 Å². The molecule has 1 aliphatic heterocycles. The number of halogens is 1. The zero-order valence-corrected chi connectivity index (χ0v) is 17.3. The van der Waals surface area contributed by atoms with Crippen molar-refractivity contribution in [2.24, 2.45) is 5.73 Å². The largest absolute Gasteiger partial charge is 0.497 e. The first kappa shape index (κ1) is 20.7. The summed E-state index contributed by atoms with van der Waals surface area (Å²) >= 11 is 0. The molecule has 0 atom stereocenters. The van der Waals surface area contributed by atoms with E-state index in [4.69, 9.17) is 15.5 Å². The number of piperazine rings is 1. The van der Waals surface area contributed by atoms with Gasteiger partial charge in [0.1, 0.15) is 17.4 Å². The van der Waals surface area contributed by atoms with Crippen LogP contribution in [0.2, 0.25) is 0 Å². The fourth-order valence-corrected chi connectivity index (χ4v) is 3.59. The molecule has 3 N–H and O–H groups in total. The van der Waals surface area contributed by atoms with Crippen molar-refractivity contribution in [3.05, 3.63) is 71.3 Å². The zero-order valence-electron chi connectivity index (χ0n) is 17.3. The Morgan fingerprint density at radius 2 is 2.00 bits per heavy atom. The van der Waals surface area contributed by atoms with Crippen LogP contribution in [0.1, 0.15) is 21.6 Å². The molecule has 7 nitrogen and oxygen atoms in total. The van der Waals surface area contributed by atoms with Crippen LogP contribution in [0.25, 0.3) is 11.3 Å². The molecule has 2 aromatic heterocycles. The summed E-state index contributed by atoms with van der Waals surface area (Å²) in [4.78, 5) is 23.2. The number of amides is 1. The van der Waals surface area contributed by atoms with Crippen LogP contribution in [0.4, 0.5) is 10.2 Å². The minimum atomic E-state index is -0.505. The fraction of sp³-hybridized carbons (Fsp3) is 0.261. The lowest BCUT2D eigenvalue weighted by atomic mass is 10.0. The van der Waals surface area contributed by atoms with Crippen molar-refractivity contribution in [1.82, 2.24) is 15.3 Å².